The van der Waals surface area contributed by atoms with Crippen LogP contribution in [0.5, 0.6) is 5.75 Å². The normalized spacial score (nSPS) is 11.6. The first-order valence-electron chi connectivity index (χ1n) is 8.20. The maximum atomic E-state index is 13.5. The molecule has 0 aromatic heterocycles. The third-order valence-corrected chi connectivity index (χ3v) is 3.94. The largest absolute Gasteiger partial charge is 0.496 e. The lowest BCUT2D eigenvalue weighted by Crippen LogP contribution is -2.30. The monoisotopic (exact) mass is 359 g/mol. The molecule has 0 saturated carbocycles. The van der Waals surface area contributed by atoms with Crippen LogP contribution in [0.3, 0.4) is 0 Å². The summed E-state index contributed by atoms with van der Waals surface area (Å²) in [6.45, 7) is 5.00. The van der Waals surface area contributed by atoms with Crippen LogP contribution >= 0.6 is 0 Å². The third kappa shape index (κ3) is 5.05. The summed E-state index contributed by atoms with van der Waals surface area (Å²) in [7, 11) is 1.56. The second-order valence-electron chi connectivity index (χ2n) is 6.07. The molecule has 5 nitrogen and oxygen atoms in total. The summed E-state index contributed by atoms with van der Waals surface area (Å²) in [4.78, 5) is 24.2. The van der Waals surface area contributed by atoms with Crippen LogP contribution in [0.15, 0.2) is 36.4 Å². The number of aryl methyl sites for hydroxylation is 2. The van der Waals surface area contributed by atoms with Gasteiger partial charge in [0.15, 0.2) is 6.10 Å². The number of anilines is 1. The second-order valence-corrected chi connectivity index (χ2v) is 6.07. The van der Waals surface area contributed by atoms with E-state index in [0.29, 0.717) is 17.0 Å². The highest BCUT2D eigenvalue weighted by atomic mass is 19.1. The topological polar surface area (TPSA) is 64.6 Å². The van der Waals surface area contributed by atoms with Gasteiger partial charge >= 0.3 is 5.97 Å². The number of nitrogens with one attached hydrogen (secondary N) is 1. The standard InChI is InChI=1S/C20H22FNO4/c1-12-6-8-16(11-17(12)21)22-20(24)14(3)26-19(23)10-15-7-5-13(2)18(9-15)25-4/h5-9,11,14H,10H2,1-4H3,(H,22,24). The fourth-order valence-corrected chi connectivity index (χ4v) is 2.35. The Morgan fingerprint density at radius 2 is 1.81 bits per heavy atom. The highest BCUT2D eigenvalue weighted by Crippen LogP contribution is 2.19. The van der Waals surface area contributed by atoms with E-state index in [4.69, 9.17) is 9.47 Å². The lowest BCUT2D eigenvalue weighted by Gasteiger charge is -2.14. The highest BCUT2D eigenvalue weighted by Gasteiger charge is 2.19. The van der Waals surface area contributed by atoms with Gasteiger partial charge in [-0.25, -0.2) is 4.39 Å². The van der Waals surface area contributed by atoms with Gasteiger partial charge in [0.1, 0.15) is 11.6 Å². The van der Waals surface area contributed by atoms with Gasteiger partial charge in [0.25, 0.3) is 5.91 Å². The Morgan fingerprint density at radius 1 is 1.12 bits per heavy atom. The van der Waals surface area contributed by atoms with E-state index in [0.717, 1.165) is 11.1 Å². The van der Waals surface area contributed by atoms with Crippen LogP contribution in [0, 0.1) is 19.7 Å². The molecule has 0 aliphatic rings. The first kappa shape index (κ1) is 19.4. The lowest BCUT2D eigenvalue weighted by atomic mass is 10.1. The Balaban J connectivity index is 1.93. The summed E-state index contributed by atoms with van der Waals surface area (Å²) >= 11 is 0. The van der Waals surface area contributed by atoms with Crippen LogP contribution in [-0.2, 0) is 20.7 Å². The summed E-state index contributed by atoms with van der Waals surface area (Å²) in [5.41, 5.74) is 2.48. The first-order chi connectivity index (χ1) is 12.3. The van der Waals surface area contributed by atoms with Crippen molar-refractivity contribution in [1.82, 2.24) is 0 Å². The molecule has 1 amide bonds. The Kier molecular flexibility index (Phi) is 6.33. The number of methoxy groups -OCH3 is 1. The number of benzene rings is 2. The van der Waals surface area contributed by atoms with Crippen LogP contribution in [0.4, 0.5) is 10.1 Å². The van der Waals surface area contributed by atoms with Crippen molar-refractivity contribution in [3.63, 3.8) is 0 Å². The van der Waals surface area contributed by atoms with Gasteiger partial charge in [-0.15, -0.1) is 0 Å². The lowest BCUT2D eigenvalue weighted by molar-refractivity contribution is -0.152. The van der Waals surface area contributed by atoms with Gasteiger partial charge in [-0.05, 0) is 55.7 Å². The maximum absolute atomic E-state index is 13.5. The Hall–Kier alpha value is -2.89. The molecular formula is C20H22FNO4. The average molecular weight is 359 g/mol. The first-order valence-corrected chi connectivity index (χ1v) is 8.20. The number of hydrogen-bond acceptors (Lipinski definition) is 4. The molecule has 1 atom stereocenters. The summed E-state index contributed by atoms with van der Waals surface area (Å²) in [5.74, 6) is -0.792. The zero-order chi connectivity index (χ0) is 19.3. The number of ether oxygens (including phenoxy) is 2. The molecule has 2 aromatic carbocycles. The van der Waals surface area contributed by atoms with Crippen LogP contribution < -0.4 is 10.1 Å². The van der Waals surface area contributed by atoms with Gasteiger partial charge in [-0.1, -0.05) is 18.2 Å². The van der Waals surface area contributed by atoms with Crippen molar-refractivity contribution in [3.05, 3.63) is 58.9 Å². The minimum atomic E-state index is -1.00. The summed E-state index contributed by atoms with van der Waals surface area (Å²) in [6.07, 6.45) is -0.979. The van der Waals surface area contributed by atoms with E-state index < -0.39 is 23.8 Å². The minimum Gasteiger partial charge on any atom is -0.496 e. The van der Waals surface area contributed by atoms with E-state index in [2.05, 4.69) is 5.32 Å². The van der Waals surface area contributed by atoms with E-state index in [1.165, 1.54) is 13.0 Å². The average Bonchev–Trinajstić information content (AvgIpc) is 2.59. The number of halogens is 1. The Morgan fingerprint density at radius 3 is 2.46 bits per heavy atom. The molecule has 0 heterocycles. The molecular weight excluding hydrogens is 337 g/mol. The van der Waals surface area contributed by atoms with E-state index in [-0.39, 0.29) is 6.42 Å². The molecule has 1 N–H and O–H groups in total. The SMILES string of the molecule is COc1cc(CC(=O)OC(C)C(=O)Nc2ccc(C)c(F)c2)ccc1C. The molecule has 0 aliphatic heterocycles. The Labute approximate surface area is 152 Å². The quantitative estimate of drug-likeness (QED) is 0.801. The highest BCUT2D eigenvalue weighted by molar-refractivity contribution is 5.95. The van der Waals surface area contributed by atoms with Crippen LogP contribution in [0.1, 0.15) is 23.6 Å². The van der Waals surface area contributed by atoms with E-state index in [1.54, 1.807) is 38.3 Å². The van der Waals surface area contributed by atoms with Crippen molar-refractivity contribution in [2.24, 2.45) is 0 Å². The van der Waals surface area contributed by atoms with E-state index >= 15 is 0 Å². The van der Waals surface area contributed by atoms with E-state index in [9.17, 15) is 14.0 Å². The molecule has 6 heteroatoms. The molecule has 0 saturated heterocycles. The summed E-state index contributed by atoms with van der Waals surface area (Å²) in [6, 6.07) is 9.79. The van der Waals surface area contributed by atoms with Crippen molar-refractivity contribution in [2.75, 3.05) is 12.4 Å². The van der Waals surface area contributed by atoms with E-state index in [1.807, 2.05) is 13.0 Å². The van der Waals surface area contributed by atoms with Crippen molar-refractivity contribution in [1.29, 1.82) is 0 Å². The van der Waals surface area contributed by atoms with Gasteiger partial charge < -0.3 is 14.8 Å². The zero-order valence-electron chi connectivity index (χ0n) is 15.3. The number of amides is 1. The Bertz CT molecular complexity index is 819. The zero-order valence-corrected chi connectivity index (χ0v) is 15.3. The number of esters is 1. The molecule has 0 spiro atoms. The van der Waals surface area contributed by atoms with Crippen molar-refractivity contribution in [2.45, 2.75) is 33.3 Å². The third-order valence-electron chi connectivity index (χ3n) is 3.94. The van der Waals surface area contributed by atoms with Gasteiger partial charge in [-0.2, -0.15) is 0 Å². The minimum absolute atomic E-state index is 0.0212. The van der Waals surface area contributed by atoms with Gasteiger partial charge in [0.05, 0.1) is 13.5 Å². The fraction of sp³-hybridized carbons (Fsp3) is 0.300. The van der Waals surface area contributed by atoms with Gasteiger partial charge in [0.2, 0.25) is 0 Å². The summed E-state index contributed by atoms with van der Waals surface area (Å²) < 4.78 is 23.9. The smallest absolute Gasteiger partial charge is 0.311 e. The van der Waals surface area contributed by atoms with Crippen LogP contribution in [-0.4, -0.2) is 25.1 Å². The molecule has 1 unspecified atom stereocenters. The fourth-order valence-electron chi connectivity index (χ4n) is 2.35. The summed E-state index contributed by atoms with van der Waals surface area (Å²) in [5, 5.41) is 2.53. The molecule has 2 rings (SSSR count). The molecule has 26 heavy (non-hydrogen) atoms. The molecule has 2 aromatic rings. The molecule has 0 bridgehead atoms. The molecule has 0 fully saturated rings. The van der Waals surface area contributed by atoms with Crippen LogP contribution in [0.25, 0.3) is 0 Å². The number of carbonyl (C=O) groups excluding carboxylic acids is 2. The van der Waals surface area contributed by atoms with Gasteiger partial charge in [0, 0.05) is 5.69 Å². The maximum Gasteiger partial charge on any atom is 0.311 e. The predicted octanol–water partition coefficient (Wildman–Crippen LogP) is 3.56. The molecule has 138 valence electrons. The van der Waals surface area contributed by atoms with Crippen LogP contribution in [0.2, 0.25) is 0 Å². The predicted molar refractivity (Wildman–Crippen MR) is 96.8 cm³/mol. The van der Waals surface area contributed by atoms with Gasteiger partial charge in [-0.3, -0.25) is 9.59 Å². The number of rotatable bonds is 6. The second kappa shape index (κ2) is 8.47. The number of hydrogen-bond donors (Lipinski definition) is 1. The molecule has 0 radical (unpaired) electrons. The number of carbonyl (C=O) groups is 2. The molecule has 0 aliphatic carbocycles. The van der Waals surface area contributed by atoms with Crippen molar-refractivity contribution in [3.8, 4) is 5.75 Å². The van der Waals surface area contributed by atoms with Crippen molar-refractivity contribution < 1.29 is 23.5 Å². The van der Waals surface area contributed by atoms with Crippen molar-refractivity contribution >= 4 is 17.6 Å².